The number of likely N-dealkylation sites (tertiary alicyclic amines) is 1. The van der Waals surface area contributed by atoms with Crippen molar-refractivity contribution in [1.29, 1.82) is 0 Å². The van der Waals surface area contributed by atoms with Crippen LogP contribution in [0, 0.1) is 5.92 Å². The third kappa shape index (κ3) is 2.37. The smallest absolute Gasteiger partial charge is 0.377 e. The molecular formula is C7H10BrF2NO2. The number of carbonyl (C=O) groups is 1. The Hall–Kier alpha value is -0.230. The monoisotopic (exact) mass is 257 g/mol. The average Bonchev–Trinajstić information content (AvgIpc) is 2.29. The zero-order valence-electron chi connectivity index (χ0n) is 7.01. The van der Waals surface area contributed by atoms with E-state index >= 15 is 0 Å². The lowest BCUT2D eigenvalue weighted by atomic mass is 10.1. The first kappa shape index (κ1) is 10.8. The van der Waals surface area contributed by atoms with E-state index in [-0.39, 0.29) is 19.0 Å². The fourth-order valence-corrected chi connectivity index (χ4v) is 1.55. The van der Waals surface area contributed by atoms with Crippen LogP contribution in [0.25, 0.3) is 0 Å². The zero-order chi connectivity index (χ0) is 10.2. The topological polar surface area (TPSA) is 40.5 Å². The molecule has 13 heavy (non-hydrogen) atoms. The largest absolute Gasteiger partial charge is 0.391 e. The summed E-state index contributed by atoms with van der Waals surface area (Å²) in [5.74, 6) is -1.42. The van der Waals surface area contributed by atoms with Crippen molar-refractivity contribution in [3.8, 4) is 0 Å². The summed E-state index contributed by atoms with van der Waals surface area (Å²) in [4.78, 5) is 8.42. The Bertz CT molecular complexity index is 209. The highest BCUT2D eigenvalue weighted by molar-refractivity contribution is 9.10. The number of rotatable bonds is 1. The molecule has 0 bridgehead atoms. The van der Waals surface area contributed by atoms with Crippen LogP contribution in [-0.2, 0) is 4.79 Å². The van der Waals surface area contributed by atoms with Gasteiger partial charge in [0, 0.05) is 34.9 Å². The molecule has 0 aliphatic carbocycles. The van der Waals surface area contributed by atoms with Gasteiger partial charge in [-0.3, -0.25) is 4.79 Å². The number of hydrogen-bond acceptors (Lipinski definition) is 2. The van der Waals surface area contributed by atoms with E-state index in [0.717, 1.165) is 4.90 Å². The molecule has 1 saturated heterocycles. The number of nitrogens with zero attached hydrogens (tertiary/aromatic N) is 1. The first-order chi connectivity index (χ1) is 5.82. The van der Waals surface area contributed by atoms with Crippen LogP contribution in [0.2, 0.25) is 0 Å². The van der Waals surface area contributed by atoms with Crippen LogP contribution in [0.3, 0.4) is 0 Å². The number of halogens is 3. The molecule has 0 radical (unpaired) electrons. The molecule has 0 saturated carbocycles. The number of hydrogen-bond donors (Lipinski definition) is 1. The number of carbonyl (C=O) groups excluding carboxylic acids is 1. The Balaban J connectivity index is 2.61. The van der Waals surface area contributed by atoms with Crippen molar-refractivity contribution in [2.75, 3.05) is 13.1 Å². The van der Waals surface area contributed by atoms with Crippen molar-refractivity contribution >= 4 is 21.8 Å². The quantitative estimate of drug-likeness (QED) is 0.707. The normalized spacial score (nSPS) is 29.5. The van der Waals surface area contributed by atoms with Gasteiger partial charge in [0.15, 0.2) is 0 Å². The van der Waals surface area contributed by atoms with E-state index in [9.17, 15) is 18.7 Å². The van der Waals surface area contributed by atoms with Crippen molar-refractivity contribution in [2.45, 2.75) is 17.9 Å². The third-order valence-electron chi connectivity index (χ3n) is 2.10. The molecule has 1 aliphatic rings. The second-order valence-corrected chi connectivity index (χ2v) is 4.25. The van der Waals surface area contributed by atoms with E-state index < -0.39 is 16.8 Å². The summed E-state index contributed by atoms with van der Waals surface area (Å²) in [6, 6.07) is 0. The van der Waals surface area contributed by atoms with Crippen LogP contribution in [-0.4, -0.2) is 39.9 Å². The molecule has 0 spiro atoms. The lowest BCUT2D eigenvalue weighted by Crippen LogP contribution is -2.39. The fraction of sp³-hybridized carbons (Fsp3) is 0.857. The highest BCUT2D eigenvalue weighted by Gasteiger charge is 2.43. The Morgan fingerprint density at radius 2 is 2.15 bits per heavy atom. The molecule has 2 unspecified atom stereocenters. The van der Waals surface area contributed by atoms with Gasteiger partial charge < -0.3 is 10.0 Å². The molecule has 1 N–H and O–H groups in total. The first-order valence-electron chi connectivity index (χ1n) is 3.86. The average molecular weight is 258 g/mol. The van der Waals surface area contributed by atoms with Gasteiger partial charge in [0.05, 0.1) is 6.10 Å². The van der Waals surface area contributed by atoms with Crippen LogP contribution in [0.4, 0.5) is 8.78 Å². The van der Waals surface area contributed by atoms with Gasteiger partial charge in [0.2, 0.25) is 0 Å². The highest BCUT2D eigenvalue weighted by Crippen LogP contribution is 2.27. The van der Waals surface area contributed by atoms with Gasteiger partial charge in [-0.1, -0.05) is 6.92 Å². The van der Waals surface area contributed by atoms with E-state index in [1.54, 1.807) is 6.92 Å². The van der Waals surface area contributed by atoms with Gasteiger partial charge in [-0.2, -0.15) is 8.78 Å². The summed E-state index contributed by atoms with van der Waals surface area (Å²) in [7, 11) is 0. The predicted molar refractivity (Wildman–Crippen MR) is 45.6 cm³/mol. The van der Waals surface area contributed by atoms with Gasteiger partial charge in [-0.25, -0.2) is 0 Å². The molecule has 76 valence electrons. The van der Waals surface area contributed by atoms with Crippen LogP contribution < -0.4 is 0 Å². The SMILES string of the molecule is CC1CN(C(=O)C(F)(F)Br)CC1O. The number of amides is 1. The zero-order valence-corrected chi connectivity index (χ0v) is 8.59. The van der Waals surface area contributed by atoms with Gasteiger partial charge in [0.1, 0.15) is 0 Å². The molecule has 1 heterocycles. The molecule has 2 atom stereocenters. The molecule has 3 nitrogen and oxygen atoms in total. The number of alkyl halides is 3. The van der Waals surface area contributed by atoms with E-state index in [1.807, 2.05) is 15.9 Å². The molecule has 1 amide bonds. The van der Waals surface area contributed by atoms with E-state index in [2.05, 4.69) is 0 Å². The Labute approximate surface area is 82.8 Å². The van der Waals surface area contributed by atoms with Crippen LogP contribution in [0.1, 0.15) is 6.92 Å². The third-order valence-corrected chi connectivity index (χ3v) is 2.44. The van der Waals surface area contributed by atoms with Crippen LogP contribution >= 0.6 is 15.9 Å². The minimum absolute atomic E-state index is 0.0127. The molecule has 1 aliphatic heterocycles. The van der Waals surface area contributed by atoms with E-state index in [4.69, 9.17) is 0 Å². The van der Waals surface area contributed by atoms with Crippen molar-refractivity contribution in [1.82, 2.24) is 4.90 Å². The summed E-state index contributed by atoms with van der Waals surface area (Å²) in [6.45, 7) is 1.88. The lowest BCUT2D eigenvalue weighted by Gasteiger charge is -2.18. The Morgan fingerprint density at radius 1 is 1.62 bits per heavy atom. The minimum Gasteiger partial charge on any atom is -0.391 e. The van der Waals surface area contributed by atoms with E-state index in [1.165, 1.54) is 0 Å². The lowest BCUT2D eigenvalue weighted by molar-refractivity contribution is -0.144. The first-order valence-corrected chi connectivity index (χ1v) is 4.66. The number of β-amino-alcohol motifs (C(OH)–C–C–N with tert-alkyl or cyclic N) is 1. The van der Waals surface area contributed by atoms with Gasteiger partial charge in [-0.15, -0.1) is 0 Å². The van der Waals surface area contributed by atoms with Crippen molar-refractivity contribution in [3.63, 3.8) is 0 Å². The maximum atomic E-state index is 12.5. The molecule has 0 aromatic rings. The summed E-state index contributed by atoms with van der Waals surface area (Å²) in [5, 5.41) is 9.23. The summed E-state index contributed by atoms with van der Waals surface area (Å²) >= 11 is 1.99. The maximum Gasteiger partial charge on any atom is 0.377 e. The van der Waals surface area contributed by atoms with E-state index in [0.29, 0.717) is 0 Å². The summed E-state index contributed by atoms with van der Waals surface area (Å²) in [5.41, 5.74) is 0. The summed E-state index contributed by atoms with van der Waals surface area (Å²) < 4.78 is 24.9. The molecule has 1 fully saturated rings. The fourth-order valence-electron chi connectivity index (χ4n) is 1.29. The predicted octanol–water partition coefficient (Wildman–Crippen LogP) is 0.813. The van der Waals surface area contributed by atoms with Crippen LogP contribution in [0.15, 0.2) is 0 Å². The van der Waals surface area contributed by atoms with Gasteiger partial charge >= 0.3 is 10.7 Å². The minimum atomic E-state index is -3.52. The van der Waals surface area contributed by atoms with Crippen molar-refractivity contribution in [2.24, 2.45) is 5.92 Å². The van der Waals surface area contributed by atoms with Crippen LogP contribution in [0.5, 0.6) is 0 Å². The Kier molecular flexibility index (Phi) is 2.91. The highest BCUT2D eigenvalue weighted by atomic mass is 79.9. The van der Waals surface area contributed by atoms with Gasteiger partial charge in [-0.05, 0) is 0 Å². The second kappa shape index (κ2) is 3.49. The number of aliphatic hydroxyl groups excluding tert-OH is 1. The molecule has 0 aromatic heterocycles. The van der Waals surface area contributed by atoms with Crippen molar-refractivity contribution < 1.29 is 18.7 Å². The standard InChI is InChI=1S/C7H10BrF2NO2/c1-4-2-11(3-5(4)12)6(13)7(8,9)10/h4-5,12H,2-3H2,1H3. The number of aliphatic hydroxyl groups is 1. The molecular weight excluding hydrogens is 248 g/mol. The Morgan fingerprint density at radius 3 is 2.46 bits per heavy atom. The molecule has 0 aromatic carbocycles. The van der Waals surface area contributed by atoms with Gasteiger partial charge in [0.25, 0.3) is 0 Å². The maximum absolute atomic E-state index is 12.5. The molecule has 6 heteroatoms. The molecule has 1 rings (SSSR count). The second-order valence-electron chi connectivity index (χ2n) is 3.25. The summed E-state index contributed by atoms with van der Waals surface area (Å²) in [6.07, 6.45) is -0.696. The van der Waals surface area contributed by atoms with Crippen molar-refractivity contribution in [3.05, 3.63) is 0 Å².